The molecule has 0 bridgehead atoms. The Labute approximate surface area is 289 Å². The van der Waals surface area contributed by atoms with Gasteiger partial charge in [-0.15, -0.1) is 6.07 Å². The van der Waals surface area contributed by atoms with Crippen molar-refractivity contribution in [1.29, 1.82) is 0 Å². The maximum Gasteiger partial charge on any atom is 0.248 e. The van der Waals surface area contributed by atoms with Gasteiger partial charge in [-0.1, -0.05) is 60.9 Å². The van der Waals surface area contributed by atoms with Gasteiger partial charge in [0.2, 0.25) is 11.5 Å². The van der Waals surface area contributed by atoms with Crippen LogP contribution in [0.25, 0.3) is 34.3 Å². The van der Waals surface area contributed by atoms with Crippen LogP contribution in [-0.4, -0.2) is 37.6 Å². The van der Waals surface area contributed by atoms with Crippen molar-refractivity contribution in [3.8, 4) is 34.3 Å². The van der Waals surface area contributed by atoms with E-state index in [1.165, 1.54) is 10.9 Å². The maximum atomic E-state index is 13.5. The Hall–Kier alpha value is -4.25. The van der Waals surface area contributed by atoms with Crippen molar-refractivity contribution >= 4 is 13.3 Å². The quantitative estimate of drug-likeness (QED) is 0.0938. The molecule has 0 aliphatic carbocycles. The van der Waals surface area contributed by atoms with Crippen LogP contribution in [0, 0.1) is 45.7 Å². The van der Waals surface area contributed by atoms with Crippen molar-refractivity contribution in [2.45, 2.75) is 47.3 Å². The van der Waals surface area contributed by atoms with E-state index >= 15 is 0 Å². The third kappa shape index (κ3) is 9.40. The third-order valence-electron chi connectivity index (χ3n) is 7.50. The first-order chi connectivity index (χ1) is 21.8. The zero-order chi connectivity index (χ0) is 33.6. The number of aryl methyl sites for hydroxylation is 4. The van der Waals surface area contributed by atoms with Crippen LogP contribution in [0.15, 0.2) is 73.2 Å². The second kappa shape index (κ2) is 16.0. The van der Waals surface area contributed by atoms with Crippen LogP contribution in [0.4, 0.5) is 8.78 Å². The molecule has 0 atom stereocenters. The molecule has 1 radical (unpaired) electrons. The second-order valence-corrected chi connectivity index (χ2v) is 16.9. The van der Waals surface area contributed by atoms with Crippen LogP contribution >= 0.6 is 0 Å². The number of hydrogen-bond donors (Lipinski definition) is 0. The average molecular weight is 830 g/mol. The zero-order valence-electron chi connectivity index (χ0n) is 28.1. The fourth-order valence-electron chi connectivity index (χ4n) is 4.35. The summed E-state index contributed by atoms with van der Waals surface area (Å²) >= 11 is 0. The van der Waals surface area contributed by atoms with Crippen LogP contribution in [0.3, 0.4) is 0 Å². The first-order valence-corrected chi connectivity index (χ1v) is 18.3. The molecule has 12 heteroatoms. The molecule has 247 valence electrons. The maximum absolute atomic E-state index is 13.5. The third-order valence-corrected chi connectivity index (χ3v) is 9.53. The van der Waals surface area contributed by atoms with Crippen LogP contribution < -0.4 is 14.7 Å². The van der Waals surface area contributed by atoms with Gasteiger partial charge in [0.15, 0.2) is 6.20 Å². The summed E-state index contributed by atoms with van der Waals surface area (Å²) in [5, 5.41) is 1.18. The molecule has 0 saturated heterocycles. The number of pyridine rings is 4. The molecule has 6 aromatic rings. The fraction of sp³-hybridized carbons (Fsp3) is 0.257. The van der Waals surface area contributed by atoms with Crippen LogP contribution in [-0.2, 0) is 34.2 Å². The van der Waals surface area contributed by atoms with E-state index in [1.807, 2.05) is 70.4 Å². The Morgan fingerprint density at radius 1 is 0.851 bits per heavy atom. The Bertz CT molecular complexity index is 1900. The molecule has 0 spiro atoms. The SMILES string of the molecule is C[Si](C)(C)c1ccc(-c2[c-]cc(F)nc2F)nc1.Cc1nc(-c2cccc[n+]2C)n(C)c1C.Cc1nc(-c2ccccn2)[n-]c1C.[Ir]. The van der Waals surface area contributed by atoms with Crippen LogP contribution in [0.1, 0.15) is 22.8 Å². The van der Waals surface area contributed by atoms with Crippen LogP contribution in [0.2, 0.25) is 19.6 Å². The van der Waals surface area contributed by atoms with Crippen molar-refractivity contribution in [1.82, 2.24) is 34.5 Å². The molecule has 0 fully saturated rings. The number of halogens is 2. The summed E-state index contributed by atoms with van der Waals surface area (Å²) in [5.74, 6) is -0.0260. The number of nitrogens with zero attached hydrogens (tertiary/aromatic N) is 8. The molecule has 6 heterocycles. The molecule has 0 unspecified atom stereocenters. The number of hydrogen-bond acceptors (Lipinski definition) is 5. The summed E-state index contributed by atoms with van der Waals surface area (Å²) in [6, 6.07) is 19.0. The van der Waals surface area contributed by atoms with Gasteiger partial charge in [0, 0.05) is 57.4 Å². The van der Waals surface area contributed by atoms with Gasteiger partial charge < -0.3 is 19.5 Å². The van der Waals surface area contributed by atoms with Crippen molar-refractivity contribution in [3.63, 3.8) is 0 Å². The van der Waals surface area contributed by atoms with Crippen molar-refractivity contribution in [2.75, 3.05) is 0 Å². The fourth-order valence-corrected chi connectivity index (χ4v) is 5.39. The topological polar surface area (TPSA) is 87.4 Å². The summed E-state index contributed by atoms with van der Waals surface area (Å²) in [4.78, 5) is 24.7. The summed E-state index contributed by atoms with van der Waals surface area (Å²) in [7, 11) is 2.67. The van der Waals surface area contributed by atoms with E-state index in [0.29, 0.717) is 5.69 Å². The molecular formula is C35H39F2IrN8Si-. The van der Waals surface area contributed by atoms with E-state index in [-0.39, 0.29) is 25.7 Å². The van der Waals surface area contributed by atoms with Gasteiger partial charge in [0.05, 0.1) is 19.5 Å². The van der Waals surface area contributed by atoms with Gasteiger partial charge in [0.1, 0.15) is 18.9 Å². The van der Waals surface area contributed by atoms with E-state index in [9.17, 15) is 8.78 Å². The molecule has 0 aliphatic heterocycles. The Kier molecular flexibility index (Phi) is 12.7. The molecule has 6 rings (SSSR count). The van der Waals surface area contributed by atoms with Gasteiger partial charge in [-0.05, 0) is 62.6 Å². The minimum absolute atomic E-state index is 0. The molecule has 0 aliphatic rings. The van der Waals surface area contributed by atoms with Gasteiger partial charge in [0.25, 0.3) is 0 Å². The number of rotatable bonds is 4. The molecule has 0 amide bonds. The van der Waals surface area contributed by atoms with Crippen LogP contribution in [0.5, 0.6) is 0 Å². The molecule has 47 heavy (non-hydrogen) atoms. The Morgan fingerprint density at radius 3 is 2.09 bits per heavy atom. The van der Waals surface area contributed by atoms with Crippen molar-refractivity contribution in [2.24, 2.45) is 14.1 Å². The van der Waals surface area contributed by atoms with Crippen molar-refractivity contribution in [3.05, 3.63) is 114 Å². The molecular weight excluding hydrogens is 791 g/mol. The number of aromatic nitrogens is 8. The summed E-state index contributed by atoms with van der Waals surface area (Å²) < 4.78 is 30.4. The average Bonchev–Trinajstić information content (AvgIpc) is 3.50. The van der Waals surface area contributed by atoms with E-state index in [2.05, 4.69) is 84.8 Å². The minimum Gasteiger partial charge on any atom is -0.438 e. The Morgan fingerprint density at radius 2 is 1.57 bits per heavy atom. The molecule has 6 aromatic heterocycles. The number of imidazole rings is 2. The zero-order valence-corrected chi connectivity index (χ0v) is 31.5. The summed E-state index contributed by atoms with van der Waals surface area (Å²) in [5.41, 5.74) is 6.74. The standard InChI is InChI=1S/C13H13F2N2Si.C12H16N3.C10H10N3.Ir/c1-18(2,3)9-4-6-11(16-8-9)10-5-7-12(14)17-13(10)15;1-9-10(2)15(4)12(13-9)11-7-5-6-8-14(11)3;1-7-8(2)13-10(12-7)9-5-3-4-6-11-9;/h4,6-8H,1-3H3;5-8H,1-4H3;3-6H,1-2H3;/q-1;+1;-1;. The normalized spacial score (nSPS) is 10.7. The molecule has 0 aromatic carbocycles. The predicted molar refractivity (Wildman–Crippen MR) is 179 cm³/mol. The minimum atomic E-state index is -1.42. The summed E-state index contributed by atoms with van der Waals surface area (Å²) in [6.07, 6.45) is 5.53. The Balaban J connectivity index is 0.000000192. The largest absolute Gasteiger partial charge is 0.438 e. The van der Waals surface area contributed by atoms with Gasteiger partial charge in [-0.2, -0.15) is 4.57 Å². The predicted octanol–water partition coefficient (Wildman–Crippen LogP) is 6.01. The molecule has 0 saturated carbocycles. The van der Waals surface area contributed by atoms with Crippen molar-refractivity contribution < 1.29 is 33.5 Å². The van der Waals surface area contributed by atoms with E-state index < -0.39 is 20.0 Å². The molecule has 8 nitrogen and oxygen atoms in total. The van der Waals surface area contributed by atoms with Gasteiger partial charge >= 0.3 is 0 Å². The van der Waals surface area contributed by atoms with E-state index in [0.717, 1.165) is 46.2 Å². The van der Waals surface area contributed by atoms with Gasteiger partial charge in [-0.3, -0.25) is 9.97 Å². The van der Waals surface area contributed by atoms with E-state index in [4.69, 9.17) is 0 Å². The van der Waals surface area contributed by atoms with E-state index in [1.54, 1.807) is 18.5 Å². The first kappa shape index (κ1) is 37.2. The summed E-state index contributed by atoms with van der Waals surface area (Å²) in [6.45, 7) is 14.7. The monoisotopic (exact) mass is 830 g/mol. The molecule has 0 N–H and O–H groups in total. The van der Waals surface area contributed by atoms with Gasteiger partial charge in [-0.25, -0.2) is 13.8 Å². The first-order valence-electron chi connectivity index (χ1n) is 14.8. The second-order valence-electron chi connectivity index (χ2n) is 11.9. The smallest absolute Gasteiger partial charge is 0.248 e.